The number of rotatable bonds is 7. The van der Waals surface area contributed by atoms with Crippen LogP contribution in [0.2, 0.25) is 0 Å². The van der Waals surface area contributed by atoms with Crippen molar-refractivity contribution >= 4 is 33.5 Å². The molecule has 8 nitrogen and oxygen atoms in total. The first kappa shape index (κ1) is 21.3. The summed E-state index contributed by atoms with van der Waals surface area (Å²) in [6.07, 6.45) is 4.92. The van der Waals surface area contributed by atoms with Crippen molar-refractivity contribution in [1.82, 2.24) is 14.5 Å². The minimum Gasteiger partial charge on any atom is -0.489 e. The van der Waals surface area contributed by atoms with Gasteiger partial charge in [-0.3, -0.25) is 9.36 Å². The van der Waals surface area contributed by atoms with Gasteiger partial charge in [0.2, 0.25) is 5.91 Å². The number of hydrogen-bond acceptors (Lipinski definition) is 4. The van der Waals surface area contributed by atoms with Crippen molar-refractivity contribution in [2.45, 2.75) is 31.7 Å². The van der Waals surface area contributed by atoms with Crippen LogP contribution in [-0.2, 0) is 9.53 Å². The quantitative estimate of drug-likeness (QED) is 0.369. The van der Waals surface area contributed by atoms with Crippen LogP contribution in [0.25, 0.3) is 21.9 Å². The zero-order valence-corrected chi connectivity index (χ0v) is 18.6. The largest absolute Gasteiger partial charge is 0.489 e. The molecule has 1 fully saturated rings. The number of carbonyl (C=O) groups excluding carboxylic acids is 1. The van der Waals surface area contributed by atoms with E-state index in [4.69, 9.17) is 9.47 Å². The van der Waals surface area contributed by atoms with Crippen molar-refractivity contribution in [2.24, 2.45) is 5.92 Å². The molecule has 0 bridgehead atoms. The number of nitrogens with zero attached hydrogens (tertiary/aromatic N) is 1. The molecule has 1 aliphatic rings. The minimum absolute atomic E-state index is 0.0412. The Balaban J connectivity index is 1.26. The second kappa shape index (κ2) is 9.15. The Morgan fingerprint density at radius 2 is 1.97 bits per heavy atom. The highest BCUT2D eigenvalue weighted by Gasteiger charge is 2.29. The molecular weight excluding hydrogens is 420 g/mol. The zero-order valence-electron chi connectivity index (χ0n) is 18.6. The van der Waals surface area contributed by atoms with Gasteiger partial charge >= 0.3 is 5.69 Å². The fraction of sp³-hybridized carbons (Fsp3) is 0.360. The van der Waals surface area contributed by atoms with E-state index in [1.165, 1.54) is 0 Å². The lowest BCUT2D eigenvalue weighted by Crippen LogP contribution is -2.31. The predicted molar refractivity (Wildman–Crippen MR) is 128 cm³/mol. The van der Waals surface area contributed by atoms with Gasteiger partial charge < -0.3 is 24.8 Å². The number of methoxy groups -OCH3 is 1. The summed E-state index contributed by atoms with van der Waals surface area (Å²) in [6, 6.07) is 13.6. The number of para-hydroxylation sites is 1. The number of aromatic amines is 2. The van der Waals surface area contributed by atoms with Gasteiger partial charge in [0, 0.05) is 36.5 Å². The highest BCUT2D eigenvalue weighted by Crippen LogP contribution is 2.35. The van der Waals surface area contributed by atoms with E-state index in [-0.39, 0.29) is 23.6 Å². The van der Waals surface area contributed by atoms with E-state index in [2.05, 4.69) is 15.3 Å². The molecule has 1 amide bonds. The van der Waals surface area contributed by atoms with Crippen LogP contribution in [0.3, 0.4) is 0 Å². The summed E-state index contributed by atoms with van der Waals surface area (Å²) in [5.41, 5.74) is 3.20. The number of benzene rings is 2. The molecule has 0 atom stereocenters. The third-order valence-electron chi connectivity index (χ3n) is 6.51. The van der Waals surface area contributed by atoms with Crippen LogP contribution < -0.4 is 15.7 Å². The van der Waals surface area contributed by atoms with Gasteiger partial charge in [-0.05, 0) is 61.4 Å². The van der Waals surface area contributed by atoms with Gasteiger partial charge in [0.25, 0.3) is 0 Å². The summed E-state index contributed by atoms with van der Waals surface area (Å²) in [4.78, 5) is 31.8. The molecule has 0 aliphatic heterocycles. The summed E-state index contributed by atoms with van der Waals surface area (Å²) >= 11 is 0. The summed E-state index contributed by atoms with van der Waals surface area (Å²) in [7, 11) is 1.62. The molecule has 0 saturated heterocycles. The molecule has 8 heteroatoms. The number of nitrogens with one attached hydrogen (secondary N) is 3. The van der Waals surface area contributed by atoms with E-state index in [9.17, 15) is 9.59 Å². The molecule has 2 aromatic heterocycles. The zero-order chi connectivity index (χ0) is 22.8. The lowest BCUT2D eigenvalue weighted by Gasteiger charge is -2.28. The molecule has 2 heterocycles. The SMILES string of the molecule is COCCOc1cccc2c1[nH]c(=O)n2C1CCC(C(=O)Nc2ccc3cc[nH]c3c2)CC1. The number of ether oxygens (including phenoxy) is 2. The van der Waals surface area contributed by atoms with Gasteiger partial charge in [-0.15, -0.1) is 0 Å². The van der Waals surface area contributed by atoms with Gasteiger partial charge in [0.05, 0.1) is 12.1 Å². The van der Waals surface area contributed by atoms with Crippen molar-refractivity contribution < 1.29 is 14.3 Å². The van der Waals surface area contributed by atoms with Gasteiger partial charge in [-0.2, -0.15) is 0 Å². The van der Waals surface area contributed by atoms with Crippen molar-refractivity contribution in [3.63, 3.8) is 0 Å². The topological polar surface area (TPSA) is 101 Å². The van der Waals surface area contributed by atoms with E-state index in [0.29, 0.717) is 24.5 Å². The second-order valence-corrected chi connectivity index (χ2v) is 8.57. The van der Waals surface area contributed by atoms with Gasteiger partial charge in [-0.1, -0.05) is 12.1 Å². The Hall–Kier alpha value is -3.52. The summed E-state index contributed by atoms with van der Waals surface area (Å²) < 4.78 is 12.6. The summed E-state index contributed by atoms with van der Waals surface area (Å²) in [6.45, 7) is 0.895. The molecule has 1 aliphatic carbocycles. The van der Waals surface area contributed by atoms with Crippen LogP contribution in [0.1, 0.15) is 31.7 Å². The normalized spacial score (nSPS) is 18.6. The Bertz CT molecular complexity index is 1330. The Morgan fingerprint density at radius 1 is 1.12 bits per heavy atom. The number of H-pyrrole nitrogens is 2. The molecule has 33 heavy (non-hydrogen) atoms. The third-order valence-corrected chi connectivity index (χ3v) is 6.51. The molecule has 0 spiro atoms. The molecule has 2 aromatic carbocycles. The maximum absolute atomic E-state index is 12.9. The fourth-order valence-electron chi connectivity index (χ4n) is 4.81. The predicted octanol–water partition coefficient (Wildman–Crippen LogP) is 4.21. The number of carbonyl (C=O) groups is 1. The van der Waals surface area contributed by atoms with Crippen molar-refractivity contribution in [3.8, 4) is 5.75 Å². The third kappa shape index (κ3) is 4.26. The van der Waals surface area contributed by atoms with Gasteiger partial charge in [0.15, 0.2) is 0 Å². The van der Waals surface area contributed by atoms with Crippen molar-refractivity contribution in [2.75, 3.05) is 25.6 Å². The molecular formula is C25H28N4O4. The van der Waals surface area contributed by atoms with Crippen LogP contribution in [0.5, 0.6) is 5.75 Å². The average molecular weight is 449 g/mol. The summed E-state index contributed by atoms with van der Waals surface area (Å²) in [5.74, 6) is 0.626. The first-order valence-corrected chi connectivity index (χ1v) is 11.4. The Kier molecular flexibility index (Phi) is 5.92. The number of amides is 1. The highest BCUT2D eigenvalue weighted by atomic mass is 16.5. The fourth-order valence-corrected chi connectivity index (χ4v) is 4.81. The highest BCUT2D eigenvalue weighted by molar-refractivity contribution is 5.95. The molecule has 5 rings (SSSR count). The van der Waals surface area contributed by atoms with Crippen molar-refractivity contribution in [3.05, 3.63) is 59.1 Å². The Labute approximate surface area is 190 Å². The van der Waals surface area contributed by atoms with Crippen LogP contribution in [0.15, 0.2) is 53.5 Å². The van der Waals surface area contributed by atoms with Gasteiger partial charge in [-0.25, -0.2) is 4.79 Å². The first-order chi connectivity index (χ1) is 16.1. The standard InChI is InChI=1S/C25H28N4O4/c1-32-13-14-33-22-4-2-3-21-23(22)28-25(31)29(21)19-9-6-17(7-10-19)24(30)27-18-8-5-16-11-12-26-20(16)15-18/h2-5,8,11-12,15,17,19,26H,6-7,9-10,13-14H2,1H3,(H,27,30)(H,28,31). The lowest BCUT2D eigenvalue weighted by molar-refractivity contribution is -0.121. The van der Waals surface area contributed by atoms with Crippen molar-refractivity contribution in [1.29, 1.82) is 0 Å². The monoisotopic (exact) mass is 448 g/mol. The average Bonchev–Trinajstić information content (AvgIpc) is 3.43. The number of fused-ring (bicyclic) bond motifs is 2. The van der Waals surface area contributed by atoms with E-state index >= 15 is 0 Å². The molecule has 172 valence electrons. The van der Waals surface area contributed by atoms with E-state index in [0.717, 1.165) is 47.8 Å². The number of hydrogen-bond donors (Lipinski definition) is 3. The Morgan fingerprint density at radius 3 is 2.79 bits per heavy atom. The lowest BCUT2D eigenvalue weighted by atomic mass is 9.85. The van der Waals surface area contributed by atoms with E-state index in [1.54, 1.807) is 7.11 Å². The van der Waals surface area contributed by atoms with Crippen LogP contribution in [0, 0.1) is 5.92 Å². The maximum Gasteiger partial charge on any atom is 0.326 e. The first-order valence-electron chi connectivity index (χ1n) is 11.4. The number of anilines is 1. The number of aromatic nitrogens is 3. The smallest absolute Gasteiger partial charge is 0.326 e. The molecule has 1 saturated carbocycles. The minimum atomic E-state index is -0.139. The maximum atomic E-state index is 12.9. The van der Waals surface area contributed by atoms with Crippen LogP contribution in [-0.4, -0.2) is 40.8 Å². The van der Waals surface area contributed by atoms with Crippen LogP contribution >= 0.6 is 0 Å². The van der Waals surface area contributed by atoms with Crippen LogP contribution in [0.4, 0.5) is 5.69 Å². The van der Waals surface area contributed by atoms with E-state index in [1.807, 2.05) is 53.2 Å². The van der Waals surface area contributed by atoms with Gasteiger partial charge in [0.1, 0.15) is 17.9 Å². The molecule has 0 radical (unpaired) electrons. The summed E-state index contributed by atoms with van der Waals surface area (Å²) in [5, 5.41) is 4.17. The molecule has 0 unspecified atom stereocenters. The number of imidazole rings is 1. The van der Waals surface area contributed by atoms with E-state index < -0.39 is 0 Å². The molecule has 4 aromatic rings. The molecule has 3 N–H and O–H groups in total. The second-order valence-electron chi connectivity index (χ2n) is 8.57.